The minimum Gasteiger partial charge on any atom is -0.372 e. The van der Waals surface area contributed by atoms with E-state index in [0.29, 0.717) is 12.0 Å². The van der Waals surface area contributed by atoms with E-state index in [1.54, 1.807) is 0 Å². The van der Waals surface area contributed by atoms with Gasteiger partial charge in [0, 0.05) is 25.7 Å². The van der Waals surface area contributed by atoms with Crippen LogP contribution >= 0.6 is 0 Å². The highest BCUT2D eigenvalue weighted by Gasteiger charge is 2.37. The quantitative estimate of drug-likeness (QED) is 0.722. The summed E-state index contributed by atoms with van der Waals surface area (Å²) in [5.41, 5.74) is 0.0326. The summed E-state index contributed by atoms with van der Waals surface area (Å²) in [4.78, 5) is 11.7. The molecule has 0 atom stereocenters. The van der Waals surface area contributed by atoms with Crippen LogP contribution in [0, 0.1) is 5.92 Å². The number of nitrogens with one attached hydrogen (secondary N) is 3. The average Bonchev–Trinajstić information content (AvgIpc) is 2.40. The van der Waals surface area contributed by atoms with Gasteiger partial charge < -0.3 is 20.7 Å². The molecule has 2 aliphatic rings. The van der Waals surface area contributed by atoms with Gasteiger partial charge in [-0.2, -0.15) is 0 Å². The van der Waals surface area contributed by atoms with Crippen molar-refractivity contribution in [1.82, 2.24) is 16.0 Å². The third-order valence-electron chi connectivity index (χ3n) is 4.04. The van der Waals surface area contributed by atoms with E-state index in [1.165, 1.54) is 0 Å². The minimum absolute atomic E-state index is 0.0302. The summed E-state index contributed by atoms with van der Waals surface area (Å²) in [5.74, 6) is 0.488. The van der Waals surface area contributed by atoms with E-state index >= 15 is 0 Å². The van der Waals surface area contributed by atoms with Crippen LogP contribution in [0.5, 0.6) is 0 Å². The molecule has 1 spiro atoms. The second kappa shape index (κ2) is 6.57. The minimum atomic E-state index is -0.0302. The van der Waals surface area contributed by atoms with E-state index in [4.69, 9.17) is 4.74 Å². The topological polar surface area (TPSA) is 62.4 Å². The lowest BCUT2D eigenvalue weighted by atomic mass is 9.81. The van der Waals surface area contributed by atoms with Gasteiger partial charge in [-0.15, -0.1) is 0 Å². The molecule has 3 N–H and O–H groups in total. The van der Waals surface area contributed by atoms with Crippen LogP contribution in [0.3, 0.4) is 0 Å². The molecule has 0 aromatic heterocycles. The molecule has 1 saturated carbocycles. The number of carbonyl (C=O) groups excluding carboxylic acids is 1. The molecule has 1 aliphatic heterocycles. The smallest absolute Gasteiger partial charge is 0.315 e. The van der Waals surface area contributed by atoms with Gasteiger partial charge in [0.1, 0.15) is 0 Å². The summed E-state index contributed by atoms with van der Waals surface area (Å²) in [6.45, 7) is 7.65. The summed E-state index contributed by atoms with van der Waals surface area (Å²) in [7, 11) is 0. The van der Waals surface area contributed by atoms with Gasteiger partial charge in [-0.3, -0.25) is 0 Å². The van der Waals surface area contributed by atoms with Crippen LogP contribution in [-0.2, 0) is 4.74 Å². The molecule has 0 aromatic rings. The van der Waals surface area contributed by atoms with Crippen LogP contribution in [0.15, 0.2) is 0 Å². The van der Waals surface area contributed by atoms with Gasteiger partial charge in [-0.1, -0.05) is 13.8 Å². The molecule has 5 nitrogen and oxygen atoms in total. The first-order valence-corrected chi connectivity index (χ1v) is 7.49. The van der Waals surface area contributed by atoms with Crippen LogP contribution in [0.1, 0.15) is 39.5 Å². The average molecular weight is 269 g/mol. The summed E-state index contributed by atoms with van der Waals surface area (Å²) in [5, 5.41) is 9.39. The van der Waals surface area contributed by atoms with Gasteiger partial charge in [0.2, 0.25) is 0 Å². The van der Waals surface area contributed by atoms with Crippen LogP contribution in [-0.4, -0.2) is 43.9 Å². The Hall–Kier alpha value is -0.810. The maximum atomic E-state index is 11.7. The predicted molar refractivity (Wildman–Crippen MR) is 75.2 cm³/mol. The molecular formula is C14H27N3O2. The Morgan fingerprint density at radius 2 is 2.16 bits per heavy atom. The third-order valence-corrected chi connectivity index (χ3v) is 4.04. The SMILES string of the molecule is CC(C)CNC(=O)NC1CCC2(CC1)CNCCO2. The van der Waals surface area contributed by atoms with Gasteiger partial charge in [0.25, 0.3) is 0 Å². The maximum absolute atomic E-state index is 11.7. The summed E-state index contributed by atoms with van der Waals surface area (Å²) in [6.07, 6.45) is 4.10. The number of rotatable bonds is 3. The molecule has 2 amide bonds. The Kier molecular flexibility index (Phi) is 5.05. The first-order valence-electron chi connectivity index (χ1n) is 7.49. The largest absolute Gasteiger partial charge is 0.372 e. The highest BCUT2D eigenvalue weighted by atomic mass is 16.5. The van der Waals surface area contributed by atoms with Crippen molar-refractivity contribution in [2.75, 3.05) is 26.2 Å². The zero-order valence-electron chi connectivity index (χ0n) is 12.1. The number of carbonyl (C=O) groups is 1. The summed E-state index contributed by atoms with van der Waals surface area (Å²) >= 11 is 0. The van der Waals surface area contributed by atoms with E-state index in [9.17, 15) is 4.79 Å². The van der Waals surface area contributed by atoms with Gasteiger partial charge >= 0.3 is 6.03 Å². The van der Waals surface area contributed by atoms with Gasteiger partial charge in [0.15, 0.2) is 0 Å². The zero-order valence-corrected chi connectivity index (χ0v) is 12.1. The molecule has 0 unspecified atom stereocenters. The summed E-state index contributed by atoms with van der Waals surface area (Å²) < 4.78 is 5.95. The molecular weight excluding hydrogens is 242 g/mol. The van der Waals surface area contributed by atoms with Crippen molar-refractivity contribution in [2.24, 2.45) is 5.92 Å². The van der Waals surface area contributed by atoms with E-state index in [0.717, 1.165) is 51.9 Å². The van der Waals surface area contributed by atoms with Crippen molar-refractivity contribution in [2.45, 2.75) is 51.2 Å². The predicted octanol–water partition coefficient (Wildman–Crippen LogP) is 1.24. The van der Waals surface area contributed by atoms with Crippen molar-refractivity contribution in [3.8, 4) is 0 Å². The van der Waals surface area contributed by atoms with Crippen LogP contribution in [0.2, 0.25) is 0 Å². The molecule has 2 fully saturated rings. The molecule has 0 radical (unpaired) electrons. The number of hydrogen-bond acceptors (Lipinski definition) is 3. The Bertz CT molecular complexity index is 291. The zero-order chi connectivity index (χ0) is 13.7. The third kappa shape index (κ3) is 4.35. The van der Waals surface area contributed by atoms with Crippen LogP contribution in [0.4, 0.5) is 4.79 Å². The molecule has 110 valence electrons. The Labute approximate surface area is 115 Å². The van der Waals surface area contributed by atoms with E-state index in [-0.39, 0.29) is 11.6 Å². The fraction of sp³-hybridized carbons (Fsp3) is 0.929. The molecule has 5 heteroatoms. The van der Waals surface area contributed by atoms with Crippen LogP contribution < -0.4 is 16.0 Å². The second-order valence-corrected chi connectivity index (χ2v) is 6.23. The lowest BCUT2D eigenvalue weighted by Crippen LogP contribution is -2.54. The van der Waals surface area contributed by atoms with Gasteiger partial charge in [0.05, 0.1) is 12.2 Å². The molecule has 1 heterocycles. The summed E-state index contributed by atoms with van der Waals surface area (Å²) in [6, 6.07) is 0.264. The van der Waals surface area contributed by atoms with E-state index < -0.39 is 0 Å². The molecule has 19 heavy (non-hydrogen) atoms. The second-order valence-electron chi connectivity index (χ2n) is 6.23. The van der Waals surface area contributed by atoms with Crippen molar-refractivity contribution in [3.05, 3.63) is 0 Å². The monoisotopic (exact) mass is 269 g/mol. The number of urea groups is 1. The standard InChI is InChI=1S/C14H27N3O2/c1-11(2)9-16-13(18)17-12-3-5-14(6-4-12)10-15-7-8-19-14/h11-12,15H,3-10H2,1-2H3,(H2,16,17,18). The van der Waals surface area contributed by atoms with Gasteiger partial charge in [-0.25, -0.2) is 4.79 Å². The fourth-order valence-corrected chi connectivity index (χ4v) is 2.85. The number of morpholine rings is 1. The lowest BCUT2D eigenvalue weighted by Gasteiger charge is -2.43. The van der Waals surface area contributed by atoms with Crippen molar-refractivity contribution >= 4 is 6.03 Å². The Morgan fingerprint density at radius 3 is 2.74 bits per heavy atom. The molecule has 0 aromatic carbocycles. The first kappa shape index (κ1) is 14.6. The highest BCUT2D eigenvalue weighted by molar-refractivity contribution is 5.74. The molecule has 1 aliphatic carbocycles. The molecule has 2 rings (SSSR count). The molecule has 1 saturated heterocycles. The first-order chi connectivity index (χ1) is 9.10. The van der Waals surface area contributed by atoms with Crippen LogP contribution in [0.25, 0.3) is 0 Å². The number of hydrogen-bond donors (Lipinski definition) is 3. The maximum Gasteiger partial charge on any atom is 0.315 e. The highest BCUT2D eigenvalue weighted by Crippen LogP contribution is 2.32. The van der Waals surface area contributed by atoms with E-state index in [2.05, 4.69) is 29.8 Å². The van der Waals surface area contributed by atoms with Crippen molar-refractivity contribution < 1.29 is 9.53 Å². The normalized spacial score (nSPS) is 31.4. The van der Waals surface area contributed by atoms with Gasteiger partial charge in [-0.05, 0) is 31.6 Å². The van der Waals surface area contributed by atoms with Crippen molar-refractivity contribution in [1.29, 1.82) is 0 Å². The lowest BCUT2D eigenvalue weighted by molar-refractivity contribution is -0.0907. The molecule has 0 bridgehead atoms. The Balaban J connectivity index is 1.69. The number of amides is 2. The number of ether oxygens (including phenoxy) is 1. The van der Waals surface area contributed by atoms with E-state index in [1.807, 2.05) is 0 Å². The Morgan fingerprint density at radius 1 is 1.42 bits per heavy atom. The van der Waals surface area contributed by atoms with Crippen molar-refractivity contribution in [3.63, 3.8) is 0 Å². The fourth-order valence-electron chi connectivity index (χ4n) is 2.85.